The minimum Gasteiger partial charge on any atom is -0.352 e. The van der Waals surface area contributed by atoms with Gasteiger partial charge in [0, 0.05) is 44.1 Å². The monoisotopic (exact) mass is 441 g/mol. The van der Waals surface area contributed by atoms with Crippen LogP contribution in [0.25, 0.3) is 20.9 Å². The molecule has 3 aromatic rings. The average Bonchev–Trinajstić information content (AvgIpc) is 3.42. The maximum absolute atomic E-state index is 12.9. The van der Waals surface area contributed by atoms with Gasteiger partial charge in [0.15, 0.2) is 5.82 Å². The van der Waals surface area contributed by atoms with Crippen molar-refractivity contribution < 1.29 is 4.79 Å². The summed E-state index contributed by atoms with van der Waals surface area (Å²) in [5, 5.41) is 3.24. The Morgan fingerprint density at radius 1 is 0.967 bits per heavy atom. The predicted octanol–water partition coefficient (Wildman–Crippen LogP) is 4.76. The Morgan fingerprint density at radius 3 is 2.40 bits per heavy atom. The van der Waals surface area contributed by atoms with E-state index in [1.165, 1.54) is 22.2 Å². The topological polar surface area (TPSA) is 52.6 Å². The maximum Gasteiger partial charge on any atom is 0.320 e. The van der Waals surface area contributed by atoms with Gasteiger partial charge in [-0.05, 0) is 50.1 Å². The fraction of sp³-hybridized carbons (Fsp3) is 0.500. The quantitative estimate of drug-likeness (QED) is 0.575. The third kappa shape index (κ3) is 3.56. The number of hydrogen-bond acceptors (Lipinski definition) is 6. The van der Waals surface area contributed by atoms with E-state index in [0.29, 0.717) is 0 Å². The van der Waals surface area contributed by atoms with Gasteiger partial charge >= 0.3 is 6.03 Å². The molecule has 5 rings (SSSR count). The lowest BCUT2D eigenvalue weighted by molar-refractivity contribution is 0.141. The van der Waals surface area contributed by atoms with Gasteiger partial charge in [-0.2, -0.15) is 0 Å². The van der Waals surface area contributed by atoms with Crippen molar-refractivity contribution in [3.63, 3.8) is 0 Å². The minimum absolute atomic E-state index is 0.212. The Kier molecular flexibility index (Phi) is 5.37. The Balaban J connectivity index is 1.41. The smallest absolute Gasteiger partial charge is 0.320 e. The summed E-state index contributed by atoms with van der Waals surface area (Å²) in [5.41, 5.74) is 1.27. The fourth-order valence-electron chi connectivity index (χ4n) is 4.37. The first-order valence-corrected chi connectivity index (χ1v) is 12.4. The first kappa shape index (κ1) is 19.8. The SMILES string of the molecule is Cc1sc2nc(-c3cccs3)nc(N3CCN(C(=O)N4CCCCC4)CC3)c2c1C. The summed E-state index contributed by atoms with van der Waals surface area (Å²) in [6.45, 7) is 9.25. The van der Waals surface area contributed by atoms with E-state index in [2.05, 4.69) is 30.2 Å². The minimum atomic E-state index is 0.212. The largest absolute Gasteiger partial charge is 0.352 e. The molecule has 0 atom stereocenters. The zero-order chi connectivity index (χ0) is 20.7. The number of aromatic nitrogens is 2. The molecule has 6 nitrogen and oxygen atoms in total. The molecule has 3 aromatic heterocycles. The van der Waals surface area contributed by atoms with Crippen molar-refractivity contribution in [3.05, 3.63) is 28.0 Å². The summed E-state index contributed by atoms with van der Waals surface area (Å²) in [6.07, 6.45) is 3.51. The van der Waals surface area contributed by atoms with E-state index in [0.717, 1.165) is 73.5 Å². The van der Waals surface area contributed by atoms with Crippen LogP contribution in [0.1, 0.15) is 29.7 Å². The molecule has 0 radical (unpaired) electrons. The highest BCUT2D eigenvalue weighted by molar-refractivity contribution is 7.19. The van der Waals surface area contributed by atoms with Crippen LogP contribution in [0.4, 0.5) is 10.6 Å². The summed E-state index contributed by atoms with van der Waals surface area (Å²) in [7, 11) is 0. The Labute approximate surface area is 185 Å². The zero-order valence-corrected chi connectivity index (χ0v) is 19.2. The number of carbonyl (C=O) groups is 1. The highest BCUT2D eigenvalue weighted by Gasteiger charge is 2.28. The second kappa shape index (κ2) is 8.15. The Hall–Kier alpha value is -2.19. The third-order valence-corrected chi connectivity index (χ3v) is 8.19. The number of amides is 2. The molecular weight excluding hydrogens is 414 g/mol. The van der Waals surface area contributed by atoms with Crippen LogP contribution >= 0.6 is 22.7 Å². The number of rotatable bonds is 2. The maximum atomic E-state index is 12.9. The van der Waals surface area contributed by atoms with Gasteiger partial charge in [-0.15, -0.1) is 22.7 Å². The van der Waals surface area contributed by atoms with E-state index in [1.807, 2.05) is 15.9 Å². The van der Waals surface area contributed by atoms with Crippen LogP contribution in [0.2, 0.25) is 0 Å². The van der Waals surface area contributed by atoms with E-state index >= 15 is 0 Å². The molecule has 0 aromatic carbocycles. The van der Waals surface area contributed by atoms with Crippen LogP contribution < -0.4 is 4.90 Å². The van der Waals surface area contributed by atoms with Crippen molar-refractivity contribution in [2.24, 2.45) is 0 Å². The molecule has 2 saturated heterocycles. The van der Waals surface area contributed by atoms with Gasteiger partial charge in [-0.25, -0.2) is 14.8 Å². The van der Waals surface area contributed by atoms with Crippen LogP contribution in [0.15, 0.2) is 17.5 Å². The number of anilines is 1. The number of hydrogen-bond donors (Lipinski definition) is 0. The molecule has 30 heavy (non-hydrogen) atoms. The van der Waals surface area contributed by atoms with Crippen molar-refractivity contribution in [2.45, 2.75) is 33.1 Å². The predicted molar refractivity (Wildman–Crippen MR) is 125 cm³/mol. The Bertz CT molecular complexity index is 1050. The number of piperidine rings is 1. The fourth-order valence-corrected chi connectivity index (χ4v) is 6.05. The van der Waals surface area contributed by atoms with Gasteiger partial charge in [-0.3, -0.25) is 0 Å². The van der Waals surface area contributed by atoms with E-state index in [9.17, 15) is 4.79 Å². The number of thiophene rings is 2. The molecule has 0 bridgehead atoms. The second-order valence-electron chi connectivity index (χ2n) is 8.12. The van der Waals surface area contributed by atoms with Crippen molar-refractivity contribution in [3.8, 4) is 10.7 Å². The summed E-state index contributed by atoms with van der Waals surface area (Å²) in [6, 6.07) is 4.34. The first-order chi connectivity index (χ1) is 14.6. The zero-order valence-electron chi connectivity index (χ0n) is 17.6. The standard InChI is InChI=1S/C22H27N5OS2/c1-15-16(2)30-21-18(15)20(23-19(24-21)17-7-6-14-29-17)25-10-12-27(13-11-25)22(28)26-8-4-3-5-9-26/h6-7,14H,3-5,8-13H2,1-2H3. The van der Waals surface area contributed by atoms with E-state index in [1.54, 1.807) is 22.7 Å². The number of aryl methyl sites for hydroxylation is 2. The van der Waals surface area contributed by atoms with Gasteiger partial charge in [0.2, 0.25) is 0 Å². The van der Waals surface area contributed by atoms with Crippen LogP contribution in [-0.2, 0) is 0 Å². The highest BCUT2D eigenvalue weighted by atomic mass is 32.1. The summed E-state index contributed by atoms with van der Waals surface area (Å²) < 4.78 is 0. The van der Waals surface area contributed by atoms with Gasteiger partial charge < -0.3 is 14.7 Å². The molecule has 0 saturated carbocycles. The molecular formula is C22H27N5OS2. The first-order valence-electron chi connectivity index (χ1n) is 10.7. The van der Waals surface area contributed by atoms with Crippen LogP contribution in [0.5, 0.6) is 0 Å². The summed E-state index contributed by atoms with van der Waals surface area (Å²) in [4.78, 5) is 32.6. The van der Waals surface area contributed by atoms with Crippen molar-refractivity contribution in [1.29, 1.82) is 0 Å². The van der Waals surface area contributed by atoms with E-state index in [-0.39, 0.29) is 6.03 Å². The van der Waals surface area contributed by atoms with Crippen LogP contribution in [0, 0.1) is 13.8 Å². The van der Waals surface area contributed by atoms with E-state index < -0.39 is 0 Å². The van der Waals surface area contributed by atoms with Crippen molar-refractivity contribution in [2.75, 3.05) is 44.2 Å². The molecule has 158 valence electrons. The van der Waals surface area contributed by atoms with Gasteiger partial charge in [0.05, 0.1) is 10.3 Å². The molecule has 0 N–H and O–H groups in total. The average molecular weight is 442 g/mol. The lowest BCUT2D eigenvalue weighted by Crippen LogP contribution is -2.54. The molecule has 0 spiro atoms. The lowest BCUT2D eigenvalue weighted by Gasteiger charge is -2.39. The summed E-state index contributed by atoms with van der Waals surface area (Å²) in [5.74, 6) is 1.83. The number of fused-ring (bicyclic) bond motifs is 1. The number of urea groups is 1. The van der Waals surface area contributed by atoms with Crippen LogP contribution in [0.3, 0.4) is 0 Å². The normalized spacial score (nSPS) is 17.7. The molecule has 2 aliphatic heterocycles. The van der Waals surface area contributed by atoms with Crippen LogP contribution in [-0.4, -0.2) is 65.1 Å². The summed E-state index contributed by atoms with van der Waals surface area (Å²) >= 11 is 3.42. The van der Waals surface area contributed by atoms with Gasteiger partial charge in [0.25, 0.3) is 0 Å². The third-order valence-electron chi connectivity index (χ3n) is 6.23. The molecule has 0 aliphatic carbocycles. The number of piperazine rings is 1. The van der Waals surface area contributed by atoms with Crippen molar-refractivity contribution >= 4 is 44.7 Å². The van der Waals surface area contributed by atoms with E-state index in [4.69, 9.17) is 9.97 Å². The van der Waals surface area contributed by atoms with Gasteiger partial charge in [0.1, 0.15) is 10.6 Å². The number of nitrogens with zero attached hydrogens (tertiary/aromatic N) is 5. The molecule has 2 fully saturated rings. The molecule has 0 unspecified atom stereocenters. The molecule has 5 heterocycles. The highest BCUT2D eigenvalue weighted by Crippen LogP contribution is 2.37. The Morgan fingerprint density at radius 2 is 1.70 bits per heavy atom. The number of likely N-dealkylation sites (tertiary alicyclic amines) is 1. The second-order valence-corrected chi connectivity index (χ2v) is 10.3. The molecule has 2 amide bonds. The molecule has 2 aliphatic rings. The van der Waals surface area contributed by atoms with Gasteiger partial charge in [-0.1, -0.05) is 6.07 Å². The lowest BCUT2D eigenvalue weighted by atomic mass is 10.1. The molecule has 8 heteroatoms. The van der Waals surface area contributed by atoms with Crippen molar-refractivity contribution in [1.82, 2.24) is 19.8 Å². The number of carbonyl (C=O) groups excluding carboxylic acids is 1.